The number of ether oxygens (including phenoxy) is 1. The Bertz CT molecular complexity index is 439. The predicted molar refractivity (Wildman–Crippen MR) is 71.0 cm³/mol. The molecule has 0 aromatic rings. The number of carbonyl (C=O) groups is 3. The van der Waals surface area contributed by atoms with Crippen LogP contribution in [0.1, 0.15) is 40.0 Å². The summed E-state index contributed by atoms with van der Waals surface area (Å²) in [7, 11) is 0. The van der Waals surface area contributed by atoms with Crippen molar-refractivity contribution in [1.29, 1.82) is 0 Å². The molecule has 7 heteroatoms. The van der Waals surface area contributed by atoms with Crippen molar-refractivity contribution in [3.05, 3.63) is 0 Å². The summed E-state index contributed by atoms with van der Waals surface area (Å²) in [5.41, 5.74) is -1.64. The van der Waals surface area contributed by atoms with Crippen LogP contribution in [-0.4, -0.2) is 35.7 Å². The number of amides is 4. The summed E-state index contributed by atoms with van der Waals surface area (Å²) < 4.78 is 5.14. The highest BCUT2D eigenvalue weighted by Gasteiger charge is 2.53. The maximum Gasteiger partial charge on any atom is 0.407 e. The third kappa shape index (κ3) is 2.86. The molecule has 0 aromatic carbocycles. The number of hydrogen-bond donors (Lipinski definition) is 3. The molecule has 0 aromatic heterocycles. The van der Waals surface area contributed by atoms with E-state index in [0.29, 0.717) is 0 Å². The van der Waals surface area contributed by atoms with Gasteiger partial charge in [0.25, 0.3) is 5.91 Å². The van der Waals surface area contributed by atoms with Crippen LogP contribution < -0.4 is 16.0 Å². The summed E-state index contributed by atoms with van der Waals surface area (Å²) in [6.45, 7) is 5.33. The number of alkyl carbamates (subject to hydrolysis) is 1. The summed E-state index contributed by atoms with van der Waals surface area (Å²) in [6, 6.07) is -0.507. The van der Waals surface area contributed by atoms with E-state index in [1.165, 1.54) is 0 Å². The van der Waals surface area contributed by atoms with Gasteiger partial charge in [-0.2, -0.15) is 0 Å². The second-order valence-electron chi connectivity index (χ2n) is 6.36. The molecule has 0 bridgehead atoms. The van der Waals surface area contributed by atoms with Crippen LogP contribution in [0, 0.1) is 5.92 Å². The van der Waals surface area contributed by atoms with Gasteiger partial charge < -0.3 is 15.4 Å². The predicted octanol–water partition coefficient (Wildman–Crippen LogP) is 0.889. The largest absolute Gasteiger partial charge is 0.444 e. The molecule has 7 nitrogen and oxygen atoms in total. The summed E-state index contributed by atoms with van der Waals surface area (Å²) >= 11 is 0. The zero-order valence-electron chi connectivity index (χ0n) is 12.0. The van der Waals surface area contributed by atoms with Crippen molar-refractivity contribution < 1.29 is 19.1 Å². The molecule has 1 saturated heterocycles. The Morgan fingerprint density at radius 3 is 2.45 bits per heavy atom. The fourth-order valence-corrected chi connectivity index (χ4v) is 2.49. The van der Waals surface area contributed by atoms with Gasteiger partial charge in [-0.05, 0) is 39.5 Å². The van der Waals surface area contributed by atoms with E-state index in [2.05, 4.69) is 16.0 Å². The van der Waals surface area contributed by atoms with Crippen LogP contribution in [0.25, 0.3) is 0 Å². The van der Waals surface area contributed by atoms with Crippen LogP contribution in [0.3, 0.4) is 0 Å². The van der Waals surface area contributed by atoms with Crippen molar-refractivity contribution in [2.24, 2.45) is 5.92 Å². The minimum Gasteiger partial charge on any atom is -0.444 e. The fourth-order valence-electron chi connectivity index (χ4n) is 2.49. The lowest BCUT2D eigenvalue weighted by atomic mass is 9.70. The Balaban J connectivity index is 2.01. The molecular weight excluding hydrogens is 262 g/mol. The lowest BCUT2D eigenvalue weighted by molar-refractivity contribution is -0.127. The highest BCUT2D eigenvalue weighted by Crippen LogP contribution is 2.37. The van der Waals surface area contributed by atoms with E-state index < -0.39 is 23.3 Å². The highest BCUT2D eigenvalue weighted by atomic mass is 16.6. The molecule has 0 radical (unpaired) electrons. The number of carbonyl (C=O) groups excluding carboxylic acids is 3. The Morgan fingerprint density at radius 1 is 1.40 bits per heavy atom. The van der Waals surface area contributed by atoms with Crippen molar-refractivity contribution in [2.45, 2.75) is 51.2 Å². The second-order valence-corrected chi connectivity index (χ2v) is 6.36. The van der Waals surface area contributed by atoms with Crippen LogP contribution in [-0.2, 0) is 9.53 Å². The monoisotopic (exact) mass is 283 g/mol. The molecule has 1 aliphatic heterocycles. The minimum atomic E-state index is -1.04. The van der Waals surface area contributed by atoms with E-state index in [1.807, 2.05) is 0 Å². The second kappa shape index (κ2) is 4.96. The molecule has 4 amide bonds. The van der Waals surface area contributed by atoms with Crippen molar-refractivity contribution in [1.82, 2.24) is 16.0 Å². The SMILES string of the molecule is CC(C)(C)OC(=O)NCC1(C2CCC2)NC(=O)NC1=O. The molecule has 3 N–H and O–H groups in total. The van der Waals surface area contributed by atoms with Crippen LogP contribution in [0.5, 0.6) is 0 Å². The third-order valence-electron chi connectivity index (χ3n) is 3.68. The van der Waals surface area contributed by atoms with Crippen molar-refractivity contribution in [2.75, 3.05) is 6.54 Å². The van der Waals surface area contributed by atoms with Gasteiger partial charge in [0.05, 0.1) is 6.54 Å². The van der Waals surface area contributed by atoms with E-state index in [9.17, 15) is 14.4 Å². The molecule has 1 unspecified atom stereocenters. The Kier molecular flexibility index (Phi) is 3.62. The first-order valence-electron chi connectivity index (χ1n) is 6.83. The maximum atomic E-state index is 12.1. The number of urea groups is 1. The van der Waals surface area contributed by atoms with Gasteiger partial charge in [-0.3, -0.25) is 10.1 Å². The third-order valence-corrected chi connectivity index (χ3v) is 3.68. The summed E-state index contributed by atoms with van der Waals surface area (Å²) in [6.07, 6.45) is 2.17. The number of hydrogen-bond acceptors (Lipinski definition) is 4. The van der Waals surface area contributed by atoms with Crippen LogP contribution in [0.4, 0.5) is 9.59 Å². The van der Waals surface area contributed by atoms with Gasteiger partial charge in [-0.15, -0.1) is 0 Å². The number of nitrogens with one attached hydrogen (secondary N) is 3. The topological polar surface area (TPSA) is 96.5 Å². The van der Waals surface area contributed by atoms with Gasteiger partial charge in [0.15, 0.2) is 0 Å². The molecule has 112 valence electrons. The summed E-state index contributed by atoms with van der Waals surface area (Å²) in [4.78, 5) is 35.1. The Hall–Kier alpha value is -1.79. The first-order chi connectivity index (χ1) is 9.23. The van der Waals surface area contributed by atoms with E-state index in [0.717, 1.165) is 19.3 Å². The van der Waals surface area contributed by atoms with E-state index in [-0.39, 0.29) is 18.4 Å². The quantitative estimate of drug-likeness (QED) is 0.670. The molecule has 1 saturated carbocycles. The Labute approximate surface area is 117 Å². The first-order valence-corrected chi connectivity index (χ1v) is 6.83. The van der Waals surface area contributed by atoms with E-state index in [4.69, 9.17) is 4.74 Å². The lowest BCUT2D eigenvalue weighted by Crippen LogP contribution is -2.61. The van der Waals surface area contributed by atoms with Gasteiger partial charge in [-0.1, -0.05) is 6.42 Å². The fraction of sp³-hybridized carbons (Fsp3) is 0.769. The van der Waals surface area contributed by atoms with Crippen LogP contribution >= 0.6 is 0 Å². The summed E-state index contributed by atoms with van der Waals surface area (Å²) in [5.74, 6) is -0.313. The smallest absolute Gasteiger partial charge is 0.407 e. The zero-order valence-corrected chi connectivity index (χ0v) is 12.0. The van der Waals surface area contributed by atoms with Crippen LogP contribution in [0.15, 0.2) is 0 Å². The van der Waals surface area contributed by atoms with Crippen LogP contribution in [0.2, 0.25) is 0 Å². The molecule has 2 fully saturated rings. The van der Waals surface area contributed by atoms with Gasteiger partial charge in [0.1, 0.15) is 11.1 Å². The molecule has 2 aliphatic rings. The lowest BCUT2D eigenvalue weighted by Gasteiger charge is -2.40. The normalized spacial score (nSPS) is 26.6. The van der Waals surface area contributed by atoms with Crippen molar-refractivity contribution in [3.63, 3.8) is 0 Å². The highest BCUT2D eigenvalue weighted by molar-refractivity contribution is 6.07. The van der Waals surface area contributed by atoms with Crippen molar-refractivity contribution in [3.8, 4) is 0 Å². The van der Waals surface area contributed by atoms with Gasteiger partial charge in [-0.25, -0.2) is 9.59 Å². The molecule has 1 atom stereocenters. The standard InChI is InChI=1S/C13H21N3O4/c1-12(2,3)20-11(19)14-7-13(8-5-4-6-8)9(17)15-10(18)16-13/h8H,4-7H2,1-3H3,(H,14,19)(H2,15,16,17,18). The summed E-state index contributed by atoms with van der Waals surface area (Å²) in [5, 5.41) is 7.50. The minimum absolute atomic E-state index is 0.0458. The number of imide groups is 1. The Morgan fingerprint density at radius 2 is 2.05 bits per heavy atom. The molecule has 2 rings (SSSR count). The molecule has 1 heterocycles. The van der Waals surface area contributed by atoms with Gasteiger partial charge in [0.2, 0.25) is 0 Å². The molecular formula is C13H21N3O4. The molecule has 0 spiro atoms. The average molecular weight is 283 g/mol. The van der Waals surface area contributed by atoms with E-state index in [1.54, 1.807) is 20.8 Å². The average Bonchev–Trinajstić information content (AvgIpc) is 2.46. The molecule has 1 aliphatic carbocycles. The number of rotatable bonds is 3. The molecule has 20 heavy (non-hydrogen) atoms. The van der Waals surface area contributed by atoms with Crippen molar-refractivity contribution >= 4 is 18.0 Å². The zero-order chi connectivity index (χ0) is 15.0. The van der Waals surface area contributed by atoms with Gasteiger partial charge >= 0.3 is 12.1 Å². The first kappa shape index (κ1) is 14.6. The van der Waals surface area contributed by atoms with Gasteiger partial charge in [0, 0.05) is 0 Å². The van der Waals surface area contributed by atoms with E-state index >= 15 is 0 Å². The maximum absolute atomic E-state index is 12.1.